The highest BCUT2D eigenvalue weighted by atomic mass is 16.6. The first-order chi connectivity index (χ1) is 14.4. The van der Waals surface area contributed by atoms with Gasteiger partial charge in [0.05, 0.1) is 13.0 Å². The quantitative estimate of drug-likeness (QED) is 0.784. The van der Waals surface area contributed by atoms with Crippen LogP contribution in [0.1, 0.15) is 30.4 Å². The van der Waals surface area contributed by atoms with Crippen LogP contribution in [-0.4, -0.2) is 30.6 Å². The number of nitrogens with one attached hydrogen (secondary N) is 2. The lowest BCUT2D eigenvalue weighted by atomic mass is 10.1. The summed E-state index contributed by atoms with van der Waals surface area (Å²) in [4.78, 5) is 38.2. The zero-order valence-corrected chi connectivity index (χ0v) is 17.1. The van der Waals surface area contributed by atoms with E-state index in [1.165, 1.54) is 0 Å². The molecule has 7 heteroatoms. The minimum absolute atomic E-state index is 0.0365. The number of anilines is 3. The first-order valence-electron chi connectivity index (χ1n) is 10.2. The Hall–Kier alpha value is -3.35. The first-order valence-corrected chi connectivity index (χ1v) is 10.2. The molecule has 0 radical (unpaired) electrons. The minimum atomic E-state index is -0.606. The Balaban J connectivity index is 1.31. The second-order valence-corrected chi connectivity index (χ2v) is 7.99. The molecule has 2 aromatic rings. The Morgan fingerprint density at radius 3 is 2.33 bits per heavy atom. The number of nitrogens with zero attached hydrogens (tertiary/aromatic N) is 1. The number of amides is 3. The number of hydrogen-bond acceptors (Lipinski definition) is 4. The molecular weight excluding hydrogens is 382 g/mol. The highest BCUT2D eigenvalue weighted by Gasteiger charge is 2.34. The summed E-state index contributed by atoms with van der Waals surface area (Å²) in [6, 6.07) is 12.8. The van der Waals surface area contributed by atoms with Gasteiger partial charge in [-0.05, 0) is 68.1 Å². The molecule has 1 unspecified atom stereocenters. The van der Waals surface area contributed by atoms with Crippen LogP contribution in [0.5, 0.6) is 0 Å². The van der Waals surface area contributed by atoms with Gasteiger partial charge in [-0.1, -0.05) is 12.1 Å². The molecule has 2 N–H and O–H groups in total. The van der Waals surface area contributed by atoms with E-state index in [4.69, 9.17) is 4.74 Å². The number of aryl methyl sites for hydroxylation is 2. The topological polar surface area (TPSA) is 87.7 Å². The van der Waals surface area contributed by atoms with E-state index in [0.717, 1.165) is 29.7 Å². The molecule has 0 spiro atoms. The number of carbonyl (C=O) groups excluding carboxylic acids is 3. The van der Waals surface area contributed by atoms with Crippen molar-refractivity contribution in [2.45, 2.75) is 39.2 Å². The van der Waals surface area contributed by atoms with E-state index in [-0.39, 0.29) is 24.2 Å². The molecule has 0 bridgehead atoms. The van der Waals surface area contributed by atoms with Crippen molar-refractivity contribution in [1.29, 1.82) is 0 Å². The Kier molecular flexibility index (Phi) is 5.44. The van der Waals surface area contributed by atoms with Gasteiger partial charge in [0.2, 0.25) is 11.8 Å². The largest absolute Gasteiger partial charge is 0.444 e. The van der Waals surface area contributed by atoms with Gasteiger partial charge in [0.15, 0.2) is 0 Å². The fourth-order valence-electron chi connectivity index (χ4n) is 3.52. The average molecular weight is 407 g/mol. The molecule has 1 saturated heterocycles. The third-order valence-electron chi connectivity index (χ3n) is 5.37. The van der Waals surface area contributed by atoms with Crippen LogP contribution in [0, 0.1) is 19.8 Å². The number of carbonyl (C=O) groups is 3. The fraction of sp³-hybridized carbons (Fsp3) is 0.348. The predicted molar refractivity (Wildman–Crippen MR) is 115 cm³/mol. The molecule has 0 aromatic heterocycles. The zero-order valence-electron chi connectivity index (χ0n) is 17.1. The summed E-state index contributed by atoms with van der Waals surface area (Å²) in [5.74, 6) is 0.113. The predicted octanol–water partition coefficient (Wildman–Crippen LogP) is 4.01. The van der Waals surface area contributed by atoms with Crippen LogP contribution in [0.15, 0.2) is 42.5 Å². The molecular formula is C23H25N3O4. The van der Waals surface area contributed by atoms with Gasteiger partial charge in [-0.3, -0.25) is 14.9 Å². The van der Waals surface area contributed by atoms with E-state index in [1.54, 1.807) is 29.2 Å². The van der Waals surface area contributed by atoms with Crippen LogP contribution in [0.3, 0.4) is 0 Å². The standard InChI is InChI=1S/C23H25N3O4/c1-14-3-4-15(2)20(11-14)26-13-19(12-21(26)27)30-23(29)25-18-9-7-17(8-10-18)24-22(28)16-5-6-16/h3-4,7-11,16,19H,5-6,12-13H2,1-2H3,(H,24,28)(H,25,29). The van der Waals surface area contributed by atoms with Crippen LogP contribution in [-0.2, 0) is 14.3 Å². The maximum absolute atomic E-state index is 12.4. The van der Waals surface area contributed by atoms with Crippen LogP contribution < -0.4 is 15.5 Å². The molecule has 7 nitrogen and oxygen atoms in total. The van der Waals surface area contributed by atoms with Crippen LogP contribution in [0.25, 0.3) is 0 Å². The van der Waals surface area contributed by atoms with E-state index in [0.29, 0.717) is 17.9 Å². The van der Waals surface area contributed by atoms with Crippen molar-refractivity contribution in [3.05, 3.63) is 53.6 Å². The first kappa shape index (κ1) is 19.9. The van der Waals surface area contributed by atoms with Crippen LogP contribution in [0.2, 0.25) is 0 Å². The van der Waals surface area contributed by atoms with Gasteiger partial charge in [0.1, 0.15) is 6.10 Å². The Labute approximate surface area is 175 Å². The molecule has 1 aliphatic carbocycles. The smallest absolute Gasteiger partial charge is 0.411 e. The lowest BCUT2D eigenvalue weighted by Gasteiger charge is -2.19. The number of benzene rings is 2. The molecule has 2 aromatic carbocycles. The summed E-state index contributed by atoms with van der Waals surface area (Å²) < 4.78 is 5.46. The molecule has 1 atom stereocenters. The van der Waals surface area contributed by atoms with Crippen molar-refractivity contribution in [2.24, 2.45) is 5.92 Å². The molecule has 1 aliphatic heterocycles. The maximum Gasteiger partial charge on any atom is 0.411 e. The summed E-state index contributed by atoms with van der Waals surface area (Å²) in [6.45, 7) is 4.27. The van der Waals surface area contributed by atoms with Gasteiger partial charge < -0.3 is 15.0 Å². The molecule has 30 heavy (non-hydrogen) atoms. The van der Waals surface area contributed by atoms with E-state index in [1.807, 2.05) is 32.0 Å². The second-order valence-electron chi connectivity index (χ2n) is 7.99. The molecule has 4 rings (SSSR count). The second kappa shape index (κ2) is 8.18. The zero-order chi connectivity index (χ0) is 21.3. The van der Waals surface area contributed by atoms with E-state index in [9.17, 15) is 14.4 Å². The summed E-state index contributed by atoms with van der Waals surface area (Å²) in [6.07, 6.45) is 0.941. The summed E-state index contributed by atoms with van der Waals surface area (Å²) in [5, 5.41) is 5.52. The third kappa shape index (κ3) is 4.62. The normalized spacial score (nSPS) is 18.3. The number of hydrogen-bond donors (Lipinski definition) is 2. The molecule has 2 aliphatic rings. The van der Waals surface area contributed by atoms with Gasteiger partial charge in [0, 0.05) is 23.0 Å². The molecule has 3 amide bonds. The van der Waals surface area contributed by atoms with Crippen molar-refractivity contribution < 1.29 is 19.1 Å². The van der Waals surface area contributed by atoms with Gasteiger partial charge in [-0.15, -0.1) is 0 Å². The number of ether oxygens (including phenoxy) is 1. The van der Waals surface area contributed by atoms with Crippen LogP contribution >= 0.6 is 0 Å². The Bertz CT molecular complexity index is 982. The molecule has 156 valence electrons. The summed E-state index contributed by atoms with van der Waals surface area (Å²) in [5.41, 5.74) is 4.18. The molecule has 2 fully saturated rings. The SMILES string of the molecule is Cc1ccc(C)c(N2CC(OC(=O)Nc3ccc(NC(=O)C4CC4)cc3)CC2=O)c1. The van der Waals surface area contributed by atoms with Gasteiger partial charge in [-0.2, -0.15) is 0 Å². The molecule has 1 heterocycles. The Morgan fingerprint density at radius 2 is 1.67 bits per heavy atom. The van der Waals surface area contributed by atoms with E-state index < -0.39 is 12.2 Å². The average Bonchev–Trinajstić information content (AvgIpc) is 3.49. The van der Waals surface area contributed by atoms with E-state index >= 15 is 0 Å². The van der Waals surface area contributed by atoms with Crippen molar-refractivity contribution >= 4 is 35.0 Å². The van der Waals surface area contributed by atoms with E-state index in [2.05, 4.69) is 10.6 Å². The van der Waals surface area contributed by atoms with Gasteiger partial charge in [-0.25, -0.2) is 4.79 Å². The highest BCUT2D eigenvalue weighted by Crippen LogP contribution is 2.30. The fourth-order valence-corrected chi connectivity index (χ4v) is 3.52. The van der Waals surface area contributed by atoms with Crippen molar-refractivity contribution in [3.63, 3.8) is 0 Å². The number of rotatable bonds is 5. The summed E-state index contributed by atoms with van der Waals surface area (Å²) >= 11 is 0. The highest BCUT2D eigenvalue weighted by molar-refractivity contribution is 5.97. The van der Waals surface area contributed by atoms with Gasteiger partial charge >= 0.3 is 6.09 Å². The molecule has 1 saturated carbocycles. The van der Waals surface area contributed by atoms with Crippen molar-refractivity contribution in [1.82, 2.24) is 0 Å². The minimum Gasteiger partial charge on any atom is -0.444 e. The third-order valence-corrected chi connectivity index (χ3v) is 5.37. The summed E-state index contributed by atoms with van der Waals surface area (Å²) in [7, 11) is 0. The lowest BCUT2D eigenvalue weighted by Crippen LogP contribution is -2.28. The van der Waals surface area contributed by atoms with Gasteiger partial charge in [0.25, 0.3) is 0 Å². The van der Waals surface area contributed by atoms with Crippen molar-refractivity contribution in [2.75, 3.05) is 22.1 Å². The maximum atomic E-state index is 12.4. The Morgan fingerprint density at radius 1 is 1.00 bits per heavy atom. The lowest BCUT2D eigenvalue weighted by molar-refractivity contribution is -0.118. The van der Waals surface area contributed by atoms with Crippen LogP contribution in [0.4, 0.5) is 21.9 Å². The monoisotopic (exact) mass is 407 g/mol. The van der Waals surface area contributed by atoms with Crippen molar-refractivity contribution in [3.8, 4) is 0 Å².